The normalized spacial score (nSPS) is 14.9. The fraction of sp³-hybridized carbons (Fsp3) is 0.667. The Morgan fingerprint density at radius 1 is 1.44 bits per heavy atom. The van der Waals surface area contributed by atoms with E-state index in [0.717, 1.165) is 13.0 Å². The molecule has 0 amide bonds. The van der Waals surface area contributed by atoms with Crippen LogP contribution in [0.5, 0.6) is 0 Å². The zero-order valence-electron chi connectivity index (χ0n) is 9.54. The molecule has 0 fully saturated rings. The zero-order chi connectivity index (χ0) is 11.9. The summed E-state index contributed by atoms with van der Waals surface area (Å²) in [7, 11) is -2.02. The molecule has 0 saturated heterocycles. The van der Waals surface area contributed by atoms with Crippen LogP contribution in [0.4, 0.5) is 0 Å². The van der Waals surface area contributed by atoms with Crippen molar-refractivity contribution in [3.63, 3.8) is 0 Å². The first-order valence-electron chi connectivity index (χ1n) is 5.11. The van der Waals surface area contributed by atoms with Crippen LogP contribution in [0.1, 0.15) is 13.3 Å². The van der Waals surface area contributed by atoms with Gasteiger partial charge in [0.2, 0.25) is 0 Å². The standard InChI is InChI=1S/C9H17N2O4P/c1-3-14-16(12,13-2)15-8-4-6-11-7-5-10-9-11/h5,7,9H,3-4,6,8H2,1-2H3. The Labute approximate surface area is 95.2 Å². The molecule has 0 aliphatic rings. The third kappa shape index (κ3) is 4.45. The number of phosphoric acid groups is 1. The molecule has 1 aromatic rings. The molecule has 7 heteroatoms. The number of phosphoric ester groups is 1. The lowest BCUT2D eigenvalue weighted by Gasteiger charge is -2.14. The minimum atomic E-state index is -3.33. The summed E-state index contributed by atoms with van der Waals surface area (Å²) in [5.41, 5.74) is 0. The highest BCUT2D eigenvalue weighted by Crippen LogP contribution is 2.48. The predicted octanol–water partition coefficient (Wildman–Crippen LogP) is 2.08. The van der Waals surface area contributed by atoms with Gasteiger partial charge < -0.3 is 4.57 Å². The Balaban J connectivity index is 2.21. The number of hydrogen-bond acceptors (Lipinski definition) is 5. The van der Waals surface area contributed by atoms with Gasteiger partial charge in [0, 0.05) is 26.0 Å². The van der Waals surface area contributed by atoms with Gasteiger partial charge in [0.1, 0.15) is 0 Å². The first-order chi connectivity index (χ1) is 7.70. The van der Waals surface area contributed by atoms with Crippen molar-refractivity contribution in [2.75, 3.05) is 20.3 Å². The maximum Gasteiger partial charge on any atom is 0.474 e. The molecule has 1 atom stereocenters. The van der Waals surface area contributed by atoms with Gasteiger partial charge in [-0.3, -0.25) is 13.6 Å². The average molecular weight is 248 g/mol. The van der Waals surface area contributed by atoms with Gasteiger partial charge in [-0.25, -0.2) is 9.55 Å². The smallest absolute Gasteiger partial charge is 0.337 e. The van der Waals surface area contributed by atoms with Crippen LogP contribution in [-0.4, -0.2) is 29.9 Å². The second-order valence-electron chi connectivity index (χ2n) is 3.03. The number of aryl methyl sites for hydroxylation is 1. The molecule has 92 valence electrons. The summed E-state index contributed by atoms with van der Waals surface area (Å²) in [4.78, 5) is 3.91. The summed E-state index contributed by atoms with van der Waals surface area (Å²) in [5.74, 6) is 0. The first kappa shape index (κ1) is 13.4. The minimum absolute atomic E-state index is 0.298. The Morgan fingerprint density at radius 3 is 2.81 bits per heavy atom. The van der Waals surface area contributed by atoms with Gasteiger partial charge in [0.05, 0.1) is 19.5 Å². The molecule has 0 aliphatic carbocycles. The number of hydrogen-bond donors (Lipinski definition) is 0. The van der Waals surface area contributed by atoms with Crippen molar-refractivity contribution >= 4 is 7.82 Å². The van der Waals surface area contributed by atoms with Crippen LogP contribution in [-0.2, 0) is 24.7 Å². The third-order valence-corrected chi connectivity index (χ3v) is 3.40. The van der Waals surface area contributed by atoms with E-state index >= 15 is 0 Å². The number of imidazole rings is 1. The second-order valence-corrected chi connectivity index (χ2v) is 4.81. The lowest BCUT2D eigenvalue weighted by molar-refractivity contribution is 0.133. The van der Waals surface area contributed by atoms with E-state index in [2.05, 4.69) is 4.98 Å². The summed E-state index contributed by atoms with van der Waals surface area (Å²) in [6.07, 6.45) is 6.01. The molecule has 1 aromatic heterocycles. The van der Waals surface area contributed by atoms with Crippen LogP contribution in [0, 0.1) is 0 Å². The van der Waals surface area contributed by atoms with Crippen molar-refractivity contribution in [3.05, 3.63) is 18.7 Å². The minimum Gasteiger partial charge on any atom is -0.337 e. The van der Waals surface area contributed by atoms with Gasteiger partial charge >= 0.3 is 7.82 Å². The number of rotatable bonds is 8. The summed E-state index contributed by atoms with van der Waals surface area (Å²) in [6, 6.07) is 0. The molecule has 1 rings (SSSR count). The Morgan fingerprint density at radius 2 is 2.25 bits per heavy atom. The molecule has 1 unspecified atom stereocenters. The topological polar surface area (TPSA) is 62.6 Å². The van der Waals surface area contributed by atoms with E-state index < -0.39 is 7.82 Å². The molecule has 16 heavy (non-hydrogen) atoms. The van der Waals surface area contributed by atoms with Gasteiger partial charge in [-0.15, -0.1) is 0 Å². The van der Waals surface area contributed by atoms with E-state index in [-0.39, 0.29) is 0 Å². The second kappa shape index (κ2) is 6.81. The largest absolute Gasteiger partial charge is 0.474 e. The van der Waals surface area contributed by atoms with Crippen molar-refractivity contribution in [1.29, 1.82) is 0 Å². The predicted molar refractivity (Wildman–Crippen MR) is 59.0 cm³/mol. The van der Waals surface area contributed by atoms with E-state index in [4.69, 9.17) is 13.6 Å². The number of aromatic nitrogens is 2. The Bertz CT molecular complexity index is 328. The first-order valence-corrected chi connectivity index (χ1v) is 6.57. The van der Waals surface area contributed by atoms with E-state index in [0.29, 0.717) is 13.2 Å². The van der Waals surface area contributed by atoms with Crippen molar-refractivity contribution < 1.29 is 18.1 Å². The molecule has 1 heterocycles. The maximum absolute atomic E-state index is 11.7. The van der Waals surface area contributed by atoms with E-state index in [9.17, 15) is 4.57 Å². The number of nitrogens with zero attached hydrogens (tertiary/aromatic N) is 2. The molecule has 0 radical (unpaired) electrons. The summed E-state index contributed by atoms with van der Waals surface area (Å²) in [5, 5.41) is 0. The van der Waals surface area contributed by atoms with E-state index in [1.54, 1.807) is 19.4 Å². The zero-order valence-corrected chi connectivity index (χ0v) is 10.4. The molecule has 0 aromatic carbocycles. The fourth-order valence-corrected chi connectivity index (χ4v) is 2.10. The van der Waals surface area contributed by atoms with Crippen molar-refractivity contribution in [2.45, 2.75) is 19.9 Å². The van der Waals surface area contributed by atoms with Crippen LogP contribution in [0.15, 0.2) is 18.7 Å². The lowest BCUT2D eigenvalue weighted by atomic mass is 10.4. The molecule has 0 N–H and O–H groups in total. The van der Waals surface area contributed by atoms with Crippen molar-refractivity contribution in [1.82, 2.24) is 9.55 Å². The highest BCUT2D eigenvalue weighted by Gasteiger charge is 2.23. The lowest BCUT2D eigenvalue weighted by Crippen LogP contribution is -2.02. The Kier molecular flexibility index (Phi) is 5.69. The van der Waals surface area contributed by atoms with Crippen LogP contribution in [0.2, 0.25) is 0 Å². The molecule has 0 spiro atoms. The average Bonchev–Trinajstić information content (AvgIpc) is 2.78. The molecule has 0 bridgehead atoms. The monoisotopic (exact) mass is 248 g/mol. The maximum atomic E-state index is 11.7. The highest BCUT2D eigenvalue weighted by atomic mass is 31.2. The molecular weight excluding hydrogens is 231 g/mol. The van der Waals surface area contributed by atoms with Crippen LogP contribution in [0.25, 0.3) is 0 Å². The highest BCUT2D eigenvalue weighted by molar-refractivity contribution is 7.48. The molecule has 0 aliphatic heterocycles. The van der Waals surface area contributed by atoms with Crippen molar-refractivity contribution in [3.8, 4) is 0 Å². The van der Waals surface area contributed by atoms with Gasteiger partial charge in [-0.2, -0.15) is 0 Å². The van der Waals surface area contributed by atoms with Gasteiger partial charge in [0.15, 0.2) is 0 Å². The third-order valence-electron chi connectivity index (χ3n) is 1.88. The molecule has 6 nitrogen and oxygen atoms in total. The van der Waals surface area contributed by atoms with Gasteiger partial charge in [-0.1, -0.05) is 0 Å². The summed E-state index contributed by atoms with van der Waals surface area (Å²) in [6.45, 7) is 3.12. The van der Waals surface area contributed by atoms with Crippen molar-refractivity contribution in [2.24, 2.45) is 0 Å². The van der Waals surface area contributed by atoms with Gasteiger partial charge in [0.25, 0.3) is 0 Å². The summed E-state index contributed by atoms with van der Waals surface area (Å²) < 4.78 is 28.3. The Hall–Kier alpha value is -0.680. The van der Waals surface area contributed by atoms with E-state index in [1.165, 1.54) is 7.11 Å². The van der Waals surface area contributed by atoms with Gasteiger partial charge in [-0.05, 0) is 13.3 Å². The van der Waals surface area contributed by atoms with E-state index in [1.807, 2.05) is 10.8 Å². The van der Waals surface area contributed by atoms with Crippen LogP contribution < -0.4 is 0 Å². The SMILES string of the molecule is CCOP(=O)(OC)OCCCn1ccnc1. The van der Waals surface area contributed by atoms with Crippen LogP contribution >= 0.6 is 7.82 Å². The summed E-state index contributed by atoms with van der Waals surface area (Å²) >= 11 is 0. The quantitative estimate of drug-likeness (QED) is 0.520. The molecule has 0 saturated carbocycles. The van der Waals surface area contributed by atoms with Crippen LogP contribution in [0.3, 0.4) is 0 Å². The fourth-order valence-electron chi connectivity index (χ4n) is 1.14. The molecular formula is C9H17N2O4P.